The van der Waals surface area contributed by atoms with E-state index in [2.05, 4.69) is 70.5 Å². The molecule has 2 fully saturated rings. The van der Waals surface area contributed by atoms with E-state index in [4.69, 9.17) is 0 Å². The Labute approximate surface area is 175 Å². The molecule has 2 aromatic carbocycles. The molecule has 29 heavy (non-hydrogen) atoms. The van der Waals surface area contributed by atoms with E-state index in [0.717, 1.165) is 32.7 Å². The Balaban J connectivity index is 1.34. The van der Waals surface area contributed by atoms with E-state index in [0.29, 0.717) is 11.8 Å². The fourth-order valence-electron chi connectivity index (χ4n) is 4.82. The molecule has 2 aliphatic rings. The first-order valence-corrected chi connectivity index (χ1v) is 11.1. The highest BCUT2D eigenvalue weighted by Crippen LogP contribution is 2.38. The Morgan fingerprint density at radius 2 is 1.52 bits per heavy atom. The van der Waals surface area contributed by atoms with Gasteiger partial charge in [-0.05, 0) is 29.9 Å². The summed E-state index contributed by atoms with van der Waals surface area (Å²) < 4.78 is 0. The van der Waals surface area contributed by atoms with Gasteiger partial charge in [-0.3, -0.25) is 9.69 Å². The third-order valence-corrected chi connectivity index (χ3v) is 6.45. The number of benzene rings is 2. The number of amides is 1. The van der Waals surface area contributed by atoms with Gasteiger partial charge in [0.05, 0.1) is 5.92 Å². The van der Waals surface area contributed by atoms with Crippen LogP contribution in [-0.2, 0) is 4.79 Å². The first-order chi connectivity index (χ1) is 14.3. The number of carbonyl (C=O) groups is 1. The second-order valence-electron chi connectivity index (χ2n) is 8.37. The van der Waals surface area contributed by atoms with E-state index in [1.54, 1.807) is 0 Å². The third-order valence-electron chi connectivity index (χ3n) is 6.45. The summed E-state index contributed by atoms with van der Waals surface area (Å²) in [5.41, 5.74) is 2.45. The molecule has 0 aromatic heterocycles. The van der Waals surface area contributed by atoms with Crippen molar-refractivity contribution in [3.05, 3.63) is 77.9 Å². The van der Waals surface area contributed by atoms with Crippen LogP contribution in [0.1, 0.15) is 42.7 Å². The van der Waals surface area contributed by atoms with Crippen LogP contribution in [0, 0.1) is 5.92 Å². The monoisotopic (exact) mass is 388 g/mol. The number of hydrogen-bond donors (Lipinski definition) is 0. The molecule has 1 saturated heterocycles. The highest BCUT2D eigenvalue weighted by molar-refractivity contribution is 5.84. The molecule has 2 aromatic rings. The zero-order chi connectivity index (χ0) is 19.9. The molecule has 3 nitrogen and oxygen atoms in total. The molecule has 1 aliphatic carbocycles. The minimum absolute atomic E-state index is 0.0447. The normalized spacial score (nSPS) is 19.7. The second-order valence-corrected chi connectivity index (χ2v) is 8.37. The molecular formula is C26H32N2O. The summed E-state index contributed by atoms with van der Waals surface area (Å²) in [6.45, 7) is 4.54. The molecule has 1 unspecified atom stereocenters. The highest BCUT2D eigenvalue weighted by Gasteiger charge is 2.35. The Morgan fingerprint density at radius 3 is 2.17 bits per heavy atom. The molecule has 1 amide bonds. The van der Waals surface area contributed by atoms with Crippen molar-refractivity contribution in [1.29, 1.82) is 0 Å². The molecule has 1 saturated carbocycles. The SMILES string of the molecule is O=C(C(c1ccccc1)C1CCCC1)N1CCN(C/C=C/c2ccccc2)CC1. The molecule has 152 valence electrons. The van der Waals surface area contributed by atoms with Crippen molar-refractivity contribution in [3.8, 4) is 0 Å². The van der Waals surface area contributed by atoms with Gasteiger partial charge < -0.3 is 4.90 Å². The lowest BCUT2D eigenvalue weighted by Gasteiger charge is -2.37. The van der Waals surface area contributed by atoms with Crippen LogP contribution < -0.4 is 0 Å². The van der Waals surface area contributed by atoms with Gasteiger partial charge in [-0.15, -0.1) is 0 Å². The van der Waals surface area contributed by atoms with Gasteiger partial charge in [-0.2, -0.15) is 0 Å². The van der Waals surface area contributed by atoms with Crippen LogP contribution in [0.4, 0.5) is 0 Å². The second kappa shape index (κ2) is 9.89. The molecule has 4 rings (SSSR count). The van der Waals surface area contributed by atoms with Crippen molar-refractivity contribution in [1.82, 2.24) is 9.80 Å². The summed E-state index contributed by atoms with van der Waals surface area (Å²) in [4.78, 5) is 18.0. The quantitative estimate of drug-likeness (QED) is 0.708. The Bertz CT molecular complexity index is 788. The van der Waals surface area contributed by atoms with E-state index in [-0.39, 0.29) is 5.92 Å². The molecule has 1 atom stereocenters. The Hall–Kier alpha value is -2.39. The zero-order valence-electron chi connectivity index (χ0n) is 17.2. The maximum Gasteiger partial charge on any atom is 0.230 e. The van der Waals surface area contributed by atoms with Crippen molar-refractivity contribution in [3.63, 3.8) is 0 Å². The van der Waals surface area contributed by atoms with Gasteiger partial charge in [0, 0.05) is 32.7 Å². The summed E-state index contributed by atoms with van der Waals surface area (Å²) in [5, 5.41) is 0. The van der Waals surface area contributed by atoms with Crippen LogP contribution in [0.3, 0.4) is 0 Å². The van der Waals surface area contributed by atoms with Gasteiger partial charge >= 0.3 is 0 Å². The fraction of sp³-hybridized carbons (Fsp3) is 0.423. The standard InChI is InChI=1S/C26H32N2O/c29-26(25(24-15-7-8-16-24)23-13-5-2-6-14-23)28-20-18-27(19-21-28)17-9-12-22-10-3-1-4-11-22/h1-6,9-14,24-25H,7-8,15-21H2/b12-9+. The first-order valence-electron chi connectivity index (χ1n) is 11.1. The predicted molar refractivity (Wildman–Crippen MR) is 120 cm³/mol. The molecule has 3 heteroatoms. The predicted octanol–water partition coefficient (Wildman–Crippen LogP) is 4.82. The highest BCUT2D eigenvalue weighted by atomic mass is 16.2. The smallest absolute Gasteiger partial charge is 0.230 e. The molecule has 0 spiro atoms. The van der Waals surface area contributed by atoms with Gasteiger partial charge in [0.1, 0.15) is 0 Å². The van der Waals surface area contributed by atoms with E-state index < -0.39 is 0 Å². The molecular weight excluding hydrogens is 356 g/mol. The first kappa shape index (κ1) is 19.9. The third kappa shape index (κ3) is 5.16. The van der Waals surface area contributed by atoms with Crippen molar-refractivity contribution < 1.29 is 4.79 Å². The van der Waals surface area contributed by atoms with Gasteiger partial charge in [-0.1, -0.05) is 85.7 Å². The molecule has 0 bridgehead atoms. The fourth-order valence-corrected chi connectivity index (χ4v) is 4.82. The van der Waals surface area contributed by atoms with Crippen LogP contribution >= 0.6 is 0 Å². The van der Waals surface area contributed by atoms with Crippen LogP contribution in [0.25, 0.3) is 6.08 Å². The number of piperazine rings is 1. The summed E-state index contributed by atoms with van der Waals surface area (Å²) in [7, 11) is 0. The lowest BCUT2D eigenvalue weighted by Crippen LogP contribution is -2.50. The Morgan fingerprint density at radius 1 is 0.897 bits per heavy atom. The largest absolute Gasteiger partial charge is 0.340 e. The maximum atomic E-state index is 13.5. The maximum absolute atomic E-state index is 13.5. The van der Waals surface area contributed by atoms with Gasteiger partial charge in [0.2, 0.25) is 5.91 Å². The van der Waals surface area contributed by atoms with Crippen molar-refractivity contribution in [2.24, 2.45) is 5.92 Å². The zero-order valence-corrected chi connectivity index (χ0v) is 17.2. The summed E-state index contributed by atoms with van der Waals surface area (Å²) in [5.74, 6) is 0.905. The van der Waals surface area contributed by atoms with Crippen LogP contribution in [0.2, 0.25) is 0 Å². The topological polar surface area (TPSA) is 23.6 Å². The lowest BCUT2D eigenvalue weighted by atomic mass is 9.83. The Kier molecular flexibility index (Phi) is 6.79. The van der Waals surface area contributed by atoms with Gasteiger partial charge in [-0.25, -0.2) is 0 Å². The minimum Gasteiger partial charge on any atom is -0.340 e. The van der Waals surface area contributed by atoms with E-state index in [9.17, 15) is 4.79 Å². The number of nitrogens with zero attached hydrogens (tertiary/aromatic N) is 2. The van der Waals surface area contributed by atoms with Gasteiger partial charge in [0.25, 0.3) is 0 Å². The summed E-state index contributed by atoms with van der Waals surface area (Å²) in [6.07, 6.45) is 9.33. The molecule has 1 aliphatic heterocycles. The lowest BCUT2D eigenvalue weighted by molar-refractivity contribution is -0.135. The molecule has 1 heterocycles. The van der Waals surface area contributed by atoms with E-state index >= 15 is 0 Å². The van der Waals surface area contributed by atoms with Crippen LogP contribution in [-0.4, -0.2) is 48.4 Å². The summed E-state index contributed by atoms with van der Waals surface area (Å²) in [6, 6.07) is 20.9. The van der Waals surface area contributed by atoms with E-state index in [1.165, 1.54) is 36.8 Å². The van der Waals surface area contributed by atoms with Crippen LogP contribution in [0.15, 0.2) is 66.7 Å². The molecule has 0 N–H and O–H groups in total. The van der Waals surface area contributed by atoms with E-state index in [1.807, 2.05) is 12.1 Å². The number of rotatable bonds is 6. The van der Waals surface area contributed by atoms with Crippen molar-refractivity contribution in [2.45, 2.75) is 31.6 Å². The van der Waals surface area contributed by atoms with Crippen molar-refractivity contribution >= 4 is 12.0 Å². The van der Waals surface area contributed by atoms with Crippen molar-refractivity contribution in [2.75, 3.05) is 32.7 Å². The molecule has 0 radical (unpaired) electrons. The minimum atomic E-state index is 0.0447. The van der Waals surface area contributed by atoms with Gasteiger partial charge in [0.15, 0.2) is 0 Å². The average molecular weight is 389 g/mol. The van der Waals surface area contributed by atoms with Crippen LogP contribution in [0.5, 0.6) is 0 Å². The average Bonchev–Trinajstić information content (AvgIpc) is 3.30. The number of hydrogen-bond acceptors (Lipinski definition) is 2. The summed E-state index contributed by atoms with van der Waals surface area (Å²) >= 11 is 0. The number of carbonyl (C=O) groups excluding carboxylic acids is 1.